The standard InChI is InChI=1S/C25H28ClN3O/c1-18(30)14-15-24-25(29(28-27-24)21-10-3-2-4-11-21)16-20(17-26)23-13-7-9-19-8-5-6-12-22(19)23/h5-9,12-15,20-21H,2-4,10-11,16-17H2,1H3/b15-14+. The van der Waals surface area contributed by atoms with Gasteiger partial charge in [-0.3, -0.25) is 4.79 Å². The molecule has 1 atom stereocenters. The molecule has 0 N–H and O–H groups in total. The quantitative estimate of drug-likeness (QED) is 0.342. The Morgan fingerprint density at radius 1 is 1.17 bits per heavy atom. The van der Waals surface area contributed by atoms with Gasteiger partial charge in [-0.1, -0.05) is 66.9 Å². The third-order valence-electron chi connectivity index (χ3n) is 6.11. The van der Waals surface area contributed by atoms with Gasteiger partial charge in [-0.2, -0.15) is 0 Å². The highest BCUT2D eigenvalue weighted by molar-refractivity contribution is 6.18. The van der Waals surface area contributed by atoms with E-state index in [1.54, 1.807) is 19.1 Å². The Labute approximate surface area is 182 Å². The zero-order valence-corrected chi connectivity index (χ0v) is 18.2. The summed E-state index contributed by atoms with van der Waals surface area (Å²) >= 11 is 6.52. The zero-order chi connectivity index (χ0) is 20.9. The number of benzene rings is 2. The fraction of sp³-hybridized carbons (Fsp3) is 0.400. The van der Waals surface area contributed by atoms with Crippen LogP contribution in [-0.4, -0.2) is 26.7 Å². The van der Waals surface area contributed by atoms with Gasteiger partial charge in [0.1, 0.15) is 5.69 Å². The van der Waals surface area contributed by atoms with Crippen molar-refractivity contribution in [1.29, 1.82) is 0 Å². The Morgan fingerprint density at radius 3 is 2.70 bits per heavy atom. The summed E-state index contributed by atoms with van der Waals surface area (Å²) in [7, 11) is 0. The fourth-order valence-electron chi connectivity index (χ4n) is 4.56. The lowest BCUT2D eigenvalue weighted by atomic mass is 9.90. The largest absolute Gasteiger partial charge is 0.295 e. The maximum Gasteiger partial charge on any atom is 0.152 e. The Bertz CT molecular complexity index is 1040. The Kier molecular flexibility index (Phi) is 6.63. The number of aromatic nitrogens is 3. The summed E-state index contributed by atoms with van der Waals surface area (Å²) in [5, 5.41) is 11.4. The number of carbonyl (C=O) groups is 1. The van der Waals surface area contributed by atoms with E-state index in [1.165, 1.54) is 35.6 Å². The molecule has 1 heterocycles. The van der Waals surface area contributed by atoms with Crippen LogP contribution in [0.1, 0.15) is 67.9 Å². The average molecular weight is 422 g/mol. The molecule has 156 valence electrons. The van der Waals surface area contributed by atoms with E-state index in [1.807, 2.05) is 0 Å². The summed E-state index contributed by atoms with van der Waals surface area (Å²) in [6.45, 7) is 1.55. The number of halogens is 1. The molecule has 0 radical (unpaired) electrons. The first-order valence-corrected chi connectivity index (χ1v) is 11.4. The minimum Gasteiger partial charge on any atom is -0.295 e. The zero-order valence-electron chi connectivity index (χ0n) is 17.4. The van der Waals surface area contributed by atoms with Crippen LogP contribution < -0.4 is 0 Å². The van der Waals surface area contributed by atoms with Crippen LogP contribution in [0, 0.1) is 0 Å². The summed E-state index contributed by atoms with van der Waals surface area (Å²) in [5.74, 6) is 0.666. The number of nitrogens with zero attached hydrogens (tertiary/aromatic N) is 3. The number of hydrogen-bond donors (Lipinski definition) is 0. The van der Waals surface area contributed by atoms with Crippen LogP contribution in [0.25, 0.3) is 16.8 Å². The molecule has 1 aliphatic rings. The maximum absolute atomic E-state index is 11.5. The van der Waals surface area contributed by atoms with Crippen molar-refractivity contribution in [2.45, 2.75) is 57.4 Å². The van der Waals surface area contributed by atoms with Crippen molar-refractivity contribution in [2.75, 3.05) is 5.88 Å². The van der Waals surface area contributed by atoms with Gasteiger partial charge in [0.25, 0.3) is 0 Å². The molecule has 5 heteroatoms. The second-order valence-electron chi connectivity index (χ2n) is 8.23. The average Bonchev–Trinajstić information content (AvgIpc) is 3.18. The van der Waals surface area contributed by atoms with E-state index in [0.717, 1.165) is 30.7 Å². The molecule has 1 aromatic heterocycles. The van der Waals surface area contributed by atoms with Crippen molar-refractivity contribution < 1.29 is 4.79 Å². The van der Waals surface area contributed by atoms with Crippen LogP contribution in [0.2, 0.25) is 0 Å². The Morgan fingerprint density at radius 2 is 1.93 bits per heavy atom. The lowest BCUT2D eigenvalue weighted by Crippen LogP contribution is -2.19. The minimum absolute atomic E-state index is 0.0103. The van der Waals surface area contributed by atoms with Gasteiger partial charge < -0.3 is 0 Å². The van der Waals surface area contributed by atoms with Crippen LogP contribution in [0.5, 0.6) is 0 Å². The van der Waals surface area contributed by atoms with Gasteiger partial charge in [0.15, 0.2) is 5.78 Å². The van der Waals surface area contributed by atoms with Crippen molar-refractivity contribution in [1.82, 2.24) is 15.0 Å². The van der Waals surface area contributed by atoms with Crippen molar-refractivity contribution in [3.05, 3.63) is 65.5 Å². The summed E-state index contributed by atoms with van der Waals surface area (Å²) in [6.07, 6.45) is 10.1. The minimum atomic E-state index is 0.0103. The molecular formula is C25H28ClN3O. The lowest BCUT2D eigenvalue weighted by Gasteiger charge is -2.25. The normalized spacial score (nSPS) is 16.3. The summed E-state index contributed by atoms with van der Waals surface area (Å²) in [4.78, 5) is 11.5. The molecule has 0 bridgehead atoms. The van der Waals surface area contributed by atoms with Crippen LogP contribution in [0.4, 0.5) is 0 Å². The van der Waals surface area contributed by atoms with Crippen LogP contribution >= 0.6 is 11.6 Å². The Hall–Kier alpha value is -2.46. The van der Waals surface area contributed by atoms with Crippen LogP contribution in [-0.2, 0) is 11.2 Å². The molecule has 1 fully saturated rings. The molecule has 30 heavy (non-hydrogen) atoms. The predicted octanol–water partition coefficient (Wildman–Crippen LogP) is 6.10. The summed E-state index contributed by atoms with van der Waals surface area (Å²) in [5.41, 5.74) is 3.12. The molecule has 0 aliphatic heterocycles. The van der Waals surface area contributed by atoms with E-state index in [9.17, 15) is 4.79 Å². The van der Waals surface area contributed by atoms with Gasteiger partial charge in [0.2, 0.25) is 0 Å². The van der Waals surface area contributed by atoms with Crippen molar-refractivity contribution in [3.8, 4) is 0 Å². The number of alkyl halides is 1. The number of rotatable bonds is 7. The van der Waals surface area contributed by atoms with E-state index in [2.05, 4.69) is 57.5 Å². The molecule has 2 aromatic carbocycles. The molecule has 0 amide bonds. The summed E-state index contributed by atoms with van der Waals surface area (Å²) in [6, 6.07) is 15.2. The highest BCUT2D eigenvalue weighted by atomic mass is 35.5. The topological polar surface area (TPSA) is 47.8 Å². The third kappa shape index (κ3) is 4.49. The Balaban J connectivity index is 1.73. The van der Waals surface area contributed by atoms with Crippen molar-refractivity contribution in [3.63, 3.8) is 0 Å². The predicted molar refractivity (Wildman–Crippen MR) is 123 cm³/mol. The van der Waals surface area contributed by atoms with Gasteiger partial charge in [0, 0.05) is 11.8 Å². The van der Waals surface area contributed by atoms with Gasteiger partial charge in [0.05, 0.1) is 11.7 Å². The molecule has 1 saturated carbocycles. The first-order valence-electron chi connectivity index (χ1n) is 10.8. The van der Waals surface area contributed by atoms with Gasteiger partial charge in [-0.25, -0.2) is 4.68 Å². The number of ketones is 1. The molecular weight excluding hydrogens is 394 g/mol. The molecule has 4 rings (SSSR count). The molecule has 0 spiro atoms. The van der Waals surface area contributed by atoms with E-state index in [4.69, 9.17) is 11.6 Å². The van der Waals surface area contributed by atoms with Gasteiger partial charge >= 0.3 is 0 Å². The van der Waals surface area contributed by atoms with Crippen LogP contribution in [0.15, 0.2) is 48.5 Å². The fourth-order valence-corrected chi connectivity index (χ4v) is 4.83. The molecule has 1 aliphatic carbocycles. The number of allylic oxidation sites excluding steroid dienone is 1. The van der Waals surface area contributed by atoms with E-state index >= 15 is 0 Å². The smallest absolute Gasteiger partial charge is 0.152 e. The first-order chi connectivity index (χ1) is 14.7. The molecule has 0 saturated heterocycles. The van der Waals surface area contributed by atoms with E-state index in [-0.39, 0.29) is 11.7 Å². The lowest BCUT2D eigenvalue weighted by molar-refractivity contribution is -0.112. The first kappa shape index (κ1) is 20.8. The number of hydrogen-bond acceptors (Lipinski definition) is 3. The van der Waals surface area contributed by atoms with Crippen molar-refractivity contribution in [2.24, 2.45) is 0 Å². The molecule has 4 nitrogen and oxygen atoms in total. The second-order valence-corrected chi connectivity index (χ2v) is 8.53. The summed E-state index contributed by atoms with van der Waals surface area (Å²) < 4.78 is 2.11. The van der Waals surface area contributed by atoms with E-state index < -0.39 is 0 Å². The van der Waals surface area contributed by atoms with Crippen LogP contribution in [0.3, 0.4) is 0 Å². The monoisotopic (exact) mass is 421 g/mol. The highest BCUT2D eigenvalue weighted by Crippen LogP contribution is 2.33. The number of carbonyl (C=O) groups excluding carboxylic acids is 1. The van der Waals surface area contributed by atoms with Gasteiger partial charge in [-0.05, 0) is 54.7 Å². The molecule has 3 aromatic rings. The van der Waals surface area contributed by atoms with Crippen molar-refractivity contribution >= 4 is 34.2 Å². The SMILES string of the molecule is CC(=O)/C=C/c1nnn(C2CCCCC2)c1CC(CCl)c1cccc2ccccc12. The highest BCUT2D eigenvalue weighted by Gasteiger charge is 2.24. The second kappa shape index (κ2) is 9.57. The number of fused-ring (bicyclic) bond motifs is 1. The molecule has 1 unspecified atom stereocenters. The third-order valence-corrected chi connectivity index (χ3v) is 6.48. The van der Waals surface area contributed by atoms with E-state index in [0.29, 0.717) is 11.9 Å². The maximum atomic E-state index is 11.5. The van der Waals surface area contributed by atoms with Gasteiger partial charge in [-0.15, -0.1) is 16.7 Å².